The number of rotatable bonds is 3. The van der Waals surface area contributed by atoms with Gasteiger partial charge in [0.05, 0.1) is 13.2 Å². The van der Waals surface area contributed by atoms with Gasteiger partial charge in [-0.2, -0.15) is 0 Å². The molecular formula is C12H16N2OS. The molecule has 0 unspecified atom stereocenters. The third-order valence-electron chi connectivity index (χ3n) is 2.72. The lowest BCUT2D eigenvalue weighted by Gasteiger charge is -2.26. The number of nitrogens with zero attached hydrogens (tertiary/aromatic N) is 1. The van der Waals surface area contributed by atoms with Gasteiger partial charge in [0.1, 0.15) is 4.99 Å². The normalized spacial score (nSPS) is 17.2. The van der Waals surface area contributed by atoms with Crippen molar-refractivity contribution in [3.8, 4) is 0 Å². The maximum atomic E-state index is 5.61. The Kier molecular flexibility index (Phi) is 3.88. The highest BCUT2D eigenvalue weighted by molar-refractivity contribution is 7.80. The molecule has 1 aliphatic rings. The maximum Gasteiger partial charge on any atom is 0.103 e. The van der Waals surface area contributed by atoms with E-state index in [-0.39, 0.29) is 0 Å². The standard InChI is InChI=1S/C12H16N2OS/c13-12(16)11-3-1-2-10(8-11)9-14-4-6-15-7-5-14/h1-3,8H,4-7,9H2,(H2,13,16). The summed E-state index contributed by atoms with van der Waals surface area (Å²) in [6, 6.07) is 8.13. The van der Waals surface area contributed by atoms with Crippen molar-refractivity contribution in [1.82, 2.24) is 4.90 Å². The van der Waals surface area contributed by atoms with Crippen LogP contribution in [0.1, 0.15) is 11.1 Å². The fraction of sp³-hybridized carbons (Fsp3) is 0.417. The number of thiocarbonyl (C=S) groups is 1. The largest absolute Gasteiger partial charge is 0.389 e. The van der Waals surface area contributed by atoms with Gasteiger partial charge in [0.2, 0.25) is 0 Å². The first-order valence-corrected chi connectivity index (χ1v) is 5.85. The van der Waals surface area contributed by atoms with E-state index in [4.69, 9.17) is 22.7 Å². The minimum Gasteiger partial charge on any atom is -0.389 e. The van der Waals surface area contributed by atoms with Crippen LogP contribution >= 0.6 is 12.2 Å². The van der Waals surface area contributed by atoms with E-state index in [1.807, 2.05) is 12.1 Å². The third-order valence-corrected chi connectivity index (χ3v) is 2.96. The van der Waals surface area contributed by atoms with E-state index in [1.165, 1.54) is 5.56 Å². The van der Waals surface area contributed by atoms with Crippen molar-refractivity contribution in [1.29, 1.82) is 0 Å². The first-order valence-electron chi connectivity index (χ1n) is 5.44. The molecule has 0 radical (unpaired) electrons. The van der Waals surface area contributed by atoms with Crippen molar-refractivity contribution in [2.75, 3.05) is 26.3 Å². The summed E-state index contributed by atoms with van der Waals surface area (Å²) >= 11 is 4.97. The summed E-state index contributed by atoms with van der Waals surface area (Å²) in [6.45, 7) is 4.60. The second-order valence-electron chi connectivity index (χ2n) is 3.95. The zero-order valence-corrected chi connectivity index (χ0v) is 10.0. The molecule has 1 aromatic carbocycles. The Hall–Kier alpha value is -0.970. The highest BCUT2D eigenvalue weighted by Crippen LogP contribution is 2.09. The molecule has 1 saturated heterocycles. The quantitative estimate of drug-likeness (QED) is 0.799. The lowest BCUT2D eigenvalue weighted by molar-refractivity contribution is 0.0342. The van der Waals surface area contributed by atoms with Crippen LogP contribution in [0, 0.1) is 0 Å². The molecule has 16 heavy (non-hydrogen) atoms. The van der Waals surface area contributed by atoms with Crippen molar-refractivity contribution < 1.29 is 4.74 Å². The van der Waals surface area contributed by atoms with Crippen LogP contribution in [-0.4, -0.2) is 36.2 Å². The third kappa shape index (κ3) is 3.01. The number of ether oxygens (including phenoxy) is 1. The average molecular weight is 236 g/mol. The van der Waals surface area contributed by atoms with Crippen LogP contribution < -0.4 is 5.73 Å². The average Bonchev–Trinajstić information content (AvgIpc) is 2.30. The van der Waals surface area contributed by atoms with Crippen molar-refractivity contribution in [2.24, 2.45) is 5.73 Å². The van der Waals surface area contributed by atoms with Crippen LogP contribution in [0.2, 0.25) is 0 Å². The second kappa shape index (κ2) is 5.39. The lowest BCUT2D eigenvalue weighted by Crippen LogP contribution is -2.35. The predicted octanol–water partition coefficient (Wildman–Crippen LogP) is 1.15. The first-order chi connectivity index (χ1) is 7.75. The van der Waals surface area contributed by atoms with Crippen LogP contribution in [-0.2, 0) is 11.3 Å². The maximum absolute atomic E-state index is 5.61. The van der Waals surface area contributed by atoms with Gasteiger partial charge in [-0.15, -0.1) is 0 Å². The van der Waals surface area contributed by atoms with Gasteiger partial charge in [0.25, 0.3) is 0 Å². The zero-order valence-electron chi connectivity index (χ0n) is 9.19. The molecule has 1 fully saturated rings. The summed E-state index contributed by atoms with van der Waals surface area (Å²) in [5.74, 6) is 0. The Balaban J connectivity index is 2.02. The fourth-order valence-electron chi connectivity index (χ4n) is 1.84. The van der Waals surface area contributed by atoms with Gasteiger partial charge in [0, 0.05) is 25.2 Å². The van der Waals surface area contributed by atoms with Crippen LogP contribution in [0.15, 0.2) is 24.3 Å². The molecule has 0 atom stereocenters. The summed E-state index contributed by atoms with van der Waals surface area (Å²) in [4.78, 5) is 2.84. The molecule has 0 saturated carbocycles. The molecule has 86 valence electrons. The second-order valence-corrected chi connectivity index (χ2v) is 4.39. The Bertz CT molecular complexity index is 375. The van der Waals surface area contributed by atoms with E-state index in [0.717, 1.165) is 38.4 Å². The van der Waals surface area contributed by atoms with Gasteiger partial charge in [-0.25, -0.2) is 0 Å². The molecule has 2 rings (SSSR count). The van der Waals surface area contributed by atoms with Crippen molar-refractivity contribution in [3.63, 3.8) is 0 Å². The smallest absolute Gasteiger partial charge is 0.103 e. The Morgan fingerprint density at radius 1 is 1.38 bits per heavy atom. The number of morpholine rings is 1. The lowest BCUT2D eigenvalue weighted by atomic mass is 10.1. The molecule has 1 heterocycles. The molecule has 0 aromatic heterocycles. The molecule has 0 aliphatic carbocycles. The van der Waals surface area contributed by atoms with Gasteiger partial charge >= 0.3 is 0 Å². The molecule has 0 amide bonds. The highest BCUT2D eigenvalue weighted by Gasteiger charge is 2.10. The fourth-order valence-corrected chi connectivity index (χ4v) is 1.97. The molecule has 1 aromatic rings. The van der Waals surface area contributed by atoms with E-state index in [2.05, 4.69) is 17.0 Å². The summed E-state index contributed by atoms with van der Waals surface area (Å²) < 4.78 is 5.32. The van der Waals surface area contributed by atoms with Gasteiger partial charge in [-0.1, -0.05) is 30.4 Å². The summed E-state index contributed by atoms with van der Waals surface area (Å²) in [5.41, 5.74) is 7.82. The molecule has 1 aliphatic heterocycles. The Morgan fingerprint density at radius 2 is 2.12 bits per heavy atom. The predicted molar refractivity (Wildman–Crippen MR) is 68.4 cm³/mol. The SMILES string of the molecule is NC(=S)c1cccc(CN2CCOCC2)c1. The molecular weight excluding hydrogens is 220 g/mol. The minimum atomic E-state index is 0.462. The zero-order chi connectivity index (χ0) is 11.4. The number of benzene rings is 1. The summed E-state index contributed by atoms with van der Waals surface area (Å²) in [7, 11) is 0. The van der Waals surface area contributed by atoms with Gasteiger partial charge in [0.15, 0.2) is 0 Å². The van der Waals surface area contributed by atoms with Gasteiger partial charge < -0.3 is 10.5 Å². The Morgan fingerprint density at radius 3 is 2.81 bits per heavy atom. The number of hydrogen-bond acceptors (Lipinski definition) is 3. The summed E-state index contributed by atoms with van der Waals surface area (Å²) in [5, 5.41) is 0. The Labute approximate surface area is 101 Å². The van der Waals surface area contributed by atoms with Crippen molar-refractivity contribution in [3.05, 3.63) is 35.4 Å². The van der Waals surface area contributed by atoms with E-state index >= 15 is 0 Å². The van der Waals surface area contributed by atoms with Crippen molar-refractivity contribution >= 4 is 17.2 Å². The van der Waals surface area contributed by atoms with E-state index in [9.17, 15) is 0 Å². The van der Waals surface area contributed by atoms with E-state index < -0.39 is 0 Å². The van der Waals surface area contributed by atoms with Crippen LogP contribution in [0.4, 0.5) is 0 Å². The topological polar surface area (TPSA) is 38.5 Å². The number of hydrogen-bond donors (Lipinski definition) is 1. The monoisotopic (exact) mass is 236 g/mol. The highest BCUT2D eigenvalue weighted by atomic mass is 32.1. The molecule has 0 spiro atoms. The van der Waals surface area contributed by atoms with Crippen LogP contribution in [0.25, 0.3) is 0 Å². The van der Waals surface area contributed by atoms with E-state index in [0.29, 0.717) is 4.99 Å². The first kappa shape index (κ1) is 11.5. The van der Waals surface area contributed by atoms with Gasteiger partial charge in [-0.05, 0) is 11.6 Å². The van der Waals surface area contributed by atoms with Crippen LogP contribution in [0.3, 0.4) is 0 Å². The number of nitrogens with two attached hydrogens (primary N) is 1. The molecule has 0 bridgehead atoms. The van der Waals surface area contributed by atoms with Crippen LogP contribution in [0.5, 0.6) is 0 Å². The van der Waals surface area contributed by atoms with Gasteiger partial charge in [-0.3, -0.25) is 4.90 Å². The summed E-state index contributed by atoms with van der Waals surface area (Å²) in [6.07, 6.45) is 0. The molecule has 4 heteroatoms. The molecule has 3 nitrogen and oxygen atoms in total. The van der Waals surface area contributed by atoms with Crippen molar-refractivity contribution in [2.45, 2.75) is 6.54 Å². The minimum absolute atomic E-state index is 0.462. The molecule has 2 N–H and O–H groups in total. The van der Waals surface area contributed by atoms with E-state index in [1.54, 1.807) is 0 Å².